The van der Waals surface area contributed by atoms with Crippen LogP contribution in [0.15, 0.2) is 23.8 Å². The van der Waals surface area contributed by atoms with Crippen LogP contribution in [0, 0.1) is 22.7 Å². The first-order valence-corrected chi connectivity index (χ1v) is 15.9. The maximum atomic E-state index is 17.5. The average molecular weight is 622 g/mol. The van der Waals surface area contributed by atoms with Crippen molar-refractivity contribution in [2.24, 2.45) is 22.7 Å². The van der Waals surface area contributed by atoms with Gasteiger partial charge in [0.2, 0.25) is 11.7 Å². The number of rotatable bonds is 10. The van der Waals surface area contributed by atoms with E-state index < -0.39 is 88.8 Å². The minimum absolute atomic E-state index is 0.0176. The average Bonchev–Trinajstić information content (AvgIpc) is 3.37. The number of hydrogen-bond acceptors (Lipinski definition) is 8. The topological polar surface area (TPSA) is 128 Å². The van der Waals surface area contributed by atoms with Crippen molar-refractivity contribution in [2.45, 2.75) is 121 Å². The summed E-state index contributed by atoms with van der Waals surface area (Å²) >= 11 is 0. The Hall–Kier alpha value is -2.50. The molecule has 0 aromatic carbocycles. The molecule has 1 heterocycles. The molecule has 1 aliphatic heterocycles. The first-order valence-electron chi connectivity index (χ1n) is 15.9. The van der Waals surface area contributed by atoms with Crippen LogP contribution in [-0.4, -0.2) is 77.1 Å². The van der Waals surface area contributed by atoms with Gasteiger partial charge in [-0.2, -0.15) is 0 Å². The zero-order valence-corrected chi connectivity index (χ0v) is 26.3. The number of unbranched alkanes of at least 4 members (excludes halogenated alkanes) is 3. The first-order chi connectivity index (χ1) is 20.6. The second-order valence-electron chi connectivity index (χ2n) is 14.1. The van der Waals surface area contributed by atoms with E-state index in [1.165, 1.54) is 19.1 Å². The summed E-state index contributed by atoms with van der Waals surface area (Å²) in [5, 5.41) is 14.1. The summed E-state index contributed by atoms with van der Waals surface area (Å²) in [4.78, 5) is 50.8. The van der Waals surface area contributed by atoms with Crippen LogP contribution in [0.2, 0.25) is 0 Å². The number of carbonyl (C=O) groups excluding carboxylic acids is 4. The summed E-state index contributed by atoms with van der Waals surface area (Å²) in [6.45, 7) is 7.56. The van der Waals surface area contributed by atoms with E-state index in [0.717, 1.165) is 25.3 Å². The fraction of sp³-hybridized carbons (Fsp3) is 0.758. The maximum Gasteiger partial charge on any atom is 0.325 e. The smallest absolute Gasteiger partial charge is 0.325 e. The number of ketones is 2. The lowest BCUT2D eigenvalue weighted by Crippen LogP contribution is -2.71. The highest BCUT2D eigenvalue weighted by molar-refractivity contribution is 6.01. The van der Waals surface area contributed by atoms with Crippen LogP contribution in [0.5, 0.6) is 0 Å². The number of hydrogen-bond donors (Lipinski definition) is 2. The molecule has 11 heteroatoms. The summed E-state index contributed by atoms with van der Waals surface area (Å²) in [6.07, 6.45) is 3.29. The van der Waals surface area contributed by atoms with Crippen molar-refractivity contribution < 1.29 is 47.3 Å². The molecule has 0 bridgehead atoms. The number of amides is 1. The van der Waals surface area contributed by atoms with Gasteiger partial charge in [-0.15, -0.1) is 0 Å². The number of nitrogens with one attached hydrogen (secondary N) is 1. The zero-order valence-electron chi connectivity index (χ0n) is 26.3. The minimum Gasteiger partial charge on any atom is -0.456 e. The van der Waals surface area contributed by atoms with Crippen LogP contribution < -0.4 is 5.32 Å². The number of allylic oxidation sites excluding steroid dienone is 4. The summed E-state index contributed by atoms with van der Waals surface area (Å²) in [5.74, 6) is -4.96. The Bertz CT molecular complexity index is 1280. The molecule has 1 amide bonds. The highest BCUT2D eigenvalue weighted by Gasteiger charge is 2.80. The molecule has 44 heavy (non-hydrogen) atoms. The van der Waals surface area contributed by atoms with Crippen LogP contribution in [0.1, 0.15) is 86.0 Å². The van der Waals surface area contributed by atoms with Crippen molar-refractivity contribution in [3.8, 4) is 0 Å². The lowest BCUT2D eigenvalue weighted by molar-refractivity contribution is -0.249. The molecule has 5 aliphatic rings. The summed E-state index contributed by atoms with van der Waals surface area (Å²) in [6, 6.07) is 0. The maximum absolute atomic E-state index is 17.5. The third-order valence-corrected chi connectivity index (χ3v) is 11.1. The summed E-state index contributed by atoms with van der Waals surface area (Å²) in [7, 11) is 0. The second kappa shape index (κ2) is 11.4. The van der Waals surface area contributed by atoms with Gasteiger partial charge in [-0.3, -0.25) is 19.2 Å². The van der Waals surface area contributed by atoms with E-state index >= 15 is 8.78 Å². The number of carbonyl (C=O) groups is 4. The number of ether oxygens (including phenoxy) is 3. The van der Waals surface area contributed by atoms with Gasteiger partial charge in [-0.1, -0.05) is 39.2 Å². The van der Waals surface area contributed by atoms with E-state index in [2.05, 4.69) is 12.2 Å². The largest absolute Gasteiger partial charge is 0.456 e. The van der Waals surface area contributed by atoms with Crippen LogP contribution in [-0.2, 0) is 33.4 Å². The van der Waals surface area contributed by atoms with Gasteiger partial charge >= 0.3 is 5.97 Å². The molecule has 3 saturated carbocycles. The molecular formula is C33H45F2NO8. The van der Waals surface area contributed by atoms with E-state index in [1.807, 2.05) is 0 Å². The van der Waals surface area contributed by atoms with Gasteiger partial charge in [-0.05, 0) is 70.1 Å². The Morgan fingerprint density at radius 1 is 1.11 bits per heavy atom. The van der Waals surface area contributed by atoms with E-state index in [4.69, 9.17) is 14.2 Å². The Morgan fingerprint density at radius 2 is 1.84 bits per heavy atom. The number of aliphatic hydroxyl groups excluding tert-OH is 1. The van der Waals surface area contributed by atoms with E-state index in [1.54, 1.807) is 20.8 Å². The molecule has 1 saturated heterocycles. The van der Waals surface area contributed by atoms with Crippen molar-refractivity contribution in [1.82, 2.24) is 5.32 Å². The molecule has 4 aliphatic carbocycles. The number of halogens is 2. The number of fused-ring (bicyclic) bond motifs is 7. The van der Waals surface area contributed by atoms with E-state index in [-0.39, 0.29) is 30.7 Å². The lowest BCUT2D eigenvalue weighted by atomic mass is 9.44. The Balaban J connectivity index is 1.37. The number of Topliss-reactive ketones (excluding diaryl/α,β-unsaturated/α-hetero) is 1. The molecule has 4 fully saturated rings. The summed E-state index contributed by atoms with van der Waals surface area (Å²) in [5.41, 5.74) is -6.76. The standard InChI is InChI=1S/C33H45F2NO8/c1-6-7-8-9-10-27(40)36-17-28(41)42-18-25(39)33-26(43-29(2,3)44-33)15-20-21-14-23(34)22-13-19(37)11-12-30(22,4)32(21,35)24(38)16-31(20,33)5/h11-13,20-21,23-24,26,38H,6-10,14-18H2,1-5H3,(H,36,40)/t20-,21-,23-,24-,26+,30-,31-,32-,33+/m0/s1. The van der Waals surface area contributed by atoms with Gasteiger partial charge in [0.05, 0.1) is 12.2 Å². The molecule has 9 nitrogen and oxygen atoms in total. The Morgan fingerprint density at radius 3 is 2.55 bits per heavy atom. The molecule has 0 aromatic rings. The van der Waals surface area contributed by atoms with Gasteiger partial charge in [0.25, 0.3) is 0 Å². The number of esters is 1. The van der Waals surface area contributed by atoms with Gasteiger partial charge in [-0.25, -0.2) is 8.78 Å². The van der Waals surface area contributed by atoms with Gasteiger partial charge in [0.1, 0.15) is 12.7 Å². The fourth-order valence-corrected chi connectivity index (χ4v) is 9.08. The van der Waals surface area contributed by atoms with Crippen molar-refractivity contribution in [3.63, 3.8) is 0 Å². The van der Waals surface area contributed by atoms with E-state index in [9.17, 15) is 24.3 Å². The Kier molecular flexibility index (Phi) is 8.51. The molecule has 244 valence electrons. The quantitative estimate of drug-likeness (QED) is 0.277. The molecular weight excluding hydrogens is 576 g/mol. The third-order valence-electron chi connectivity index (χ3n) is 11.1. The molecule has 9 atom stereocenters. The van der Waals surface area contributed by atoms with Crippen molar-refractivity contribution in [3.05, 3.63) is 23.8 Å². The SMILES string of the molecule is CCCCCCC(=O)NCC(=O)OCC(=O)[C@@]12OC(C)(C)O[C@@H]1C[C@H]1[C@@H]3C[C@H](F)C4=CC(=O)C=C[C@]4(C)[C@@]3(F)[C@@H](O)C[C@@]12C. The van der Waals surface area contributed by atoms with Crippen LogP contribution in [0.3, 0.4) is 0 Å². The highest BCUT2D eigenvalue weighted by Crippen LogP contribution is 2.72. The van der Waals surface area contributed by atoms with Crippen LogP contribution >= 0.6 is 0 Å². The minimum atomic E-state index is -2.32. The number of aliphatic hydroxyl groups is 1. The molecule has 0 unspecified atom stereocenters. The van der Waals surface area contributed by atoms with Crippen LogP contribution in [0.4, 0.5) is 8.78 Å². The predicted octanol–water partition coefficient (Wildman–Crippen LogP) is 4.00. The molecule has 5 rings (SSSR count). The van der Waals surface area contributed by atoms with Crippen molar-refractivity contribution in [2.75, 3.05) is 13.2 Å². The molecule has 2 N–H and O–H groups in total. The predicted molar refractivity (Wildman–Crippen MR) is 155 cm³/mol. The van der Waals surface area contributed by atoms with Gasteiger partial charge < -0.3 is 24.6 Å². The Labute approximate surface area is 257 Å². The normalized spacial score (nSPS) is 41.6. The lowest BCUT2D eigenvalue weighted by Gasteiger charge is -2.63. The van der Waals surface area contributed by atoms with Gasteiger partial charge in [0.15, 0.2) is 29.4 Å². The molecule has 0 radical (unpaired) electrons. The fourth-order valence-electron chi connectivity index (χ4n) is 9.08. The highest BCUT2D eigenvalue weighted by atomic mass is 19.1. The van der Waals surface area contributed by atoms with Crippen LogP contribution in [0.25, 0.3) is 0 Å². The van der Waals surface area contributed by atoms with Gasteiger partial charge in [0, 0.05) is 23.2 Å². The zero-order chi connectivity index (χ0) is 32.3. The second-order valence-corrected chi connectivity index (χ2v) is 14.1. The number of alkyl halides is 2. The monoisotopic (exact) mass is 621 g/mol. The van der Waals surface area contributed by atoms with E-state index in [0.29, 0.717) is 12.8 Å². The first kappa shape index (κ1) is 32.9. The molecule has 0 aromatic heterocycles. The van der Waals surface area contributed by atoms with Crippen molar-refractivity contribution in [1.29, 1.82) is 0 Å². The molecule has 0 spiro atoms. The third kappa shape index (κ3) is 4.88. The van der Waals surface area contributed by atoms with Crippen molar-refractivity contribution >= 4 is 23.4 Å². The summed E-state index contributed by atoms with van der Waals surface area (Å²) < 4.78 is 51.2.